The summed E-state index contributed by atoms with van der Waals surface area (Å²) in [6.07, 6.45) is 0. The Morgan fingerprint density at radius 3 is 1.44 bits per heavy atom. The van der Waals surface area contributed by atoms with Crippen LogP contribution in [0.15, 0.2) is 5.38 Å². The van der Waals surface area contributed by atoms with E-state index in [1.54, 1.807) is 11.3 Å². The van der Waals surface area contributed by atoms with E-state index in [-0.39, 0.29) is 0 Å². The van der Waals surface area contributed by atoms with E-state index in [1.165, 1.54) is 11.3 Å². The number of halogens is 1. The van der Waals surface area contributed by atoms with Crippen molar-refractivity contribution < 1.29 is 37.9 Å². The highest BCUT2D eigenvalue weighted by Gasteiger charge is 2.41. The molecule has 0 atom stereocenters. The van der Waals surface area contributed by atoms with E-state index in [2.05, 4.69) is 55.4 Å². The van der Waals surface area contributed by atoms with Gasteiger partial charge in [-0.2, -0.15) is 0 Å². The van der Waals surface area contributed by atoms with Crippen LogP contribution in [0.5, 0.6) is 23.0 Å². The highest BCUT2D eigenvalue weighted by atomic mass is 35.5. The molecule has 0 unspecified atom stereocenters. The summed E-state index contributed by atoms with van der Waals surface area (Å²) in [4.78, 5) is 1.77. The van der Waals surface area contributed by atoms with Crippen LogP contribution in [0.4, 0.5) is 0 Å². The minimum absolute atomic E-state index is 0.378. The van der Waals surface area contributed by atoms with Crippen molar-refractivity contribution in [1.29, 1.82) is 0 Å². The van der Waals surface area contributed by atoms with E-state index >= 15 is 0 Å². The number of ether oxygens (including phenoxy) is 8. The maximum atomic E-state index is 6.81. The fourth-order valence-electron chi connectivity index (χ4n) is 4.95. The van der Waals surface area contributed by atoms with Gasteiger partial charge in [0.05, 0.1) is 47.0 Å². The Kier molecular flexibility index (Phi) is 13.6. The molecule has 0 saturated heterocycles. The zero-order valence-corrected chi connectivity index (χ0v) is 30.7. The zero-order chi connectivity index (χ0) is 32.6. The average molecular weight is 689 g/mol. The molecule has 0 N–H and O–H groups in total. The van der Waals surface area contributed by atoms with Crippen molar-refractivity contribution in [3.05, 3.63) is 9.72 Å². The third-order valence-electron chi connectivity index (χ3n) is 7.24. The lowest BCUT2D eigenvalue weighted by Gasteiger charge is -2.31. The van der Waals surface area contributed by atoms with Gasteiger partial charge in [-0.15, -0.1) is 22.7 Å². The first-order valence-electron chi connectivity index (χ1n) is 16.2. The Balaban J connectivity index is 1.55. The molecule has 256 valence electrons. The topological polar surface area (TPSA) is 73.8 Å². The van der Waals surface area contributed by atoms with Crippen molar-refractivity contribution in [3.63, 3.8) is 0 Å². The van der Waals surface area contributed by atoms with E-state index in [9.17, 15) is 0 Å². The summed E-state index contributed by atoms with van der Waals surface area (Å²) in [7, 11) is 0. The van der Waals surface area contributed by atoms with Crippen molar-refractivity contribution in [2.75, 3.05) is 79.3 Å². The molecule has 0 bridgehead atoms. The second-order valence-electron chi connectivity index (χ2n) is 14.4. The Bertz CT molecular complexity index is 1160. The predicted molar refractivity (Wildman–Crippen MR) is 182 cm³/mol. The number of hydrogen-bond donors (Lipinski definition) is 0. The van der Waals surface area contributed by atoms with Crippen LogP contribution in [0.2, 0.25) is 4.34 Å². The van der Waals surface area contributed by atoms with Gasteiger partial charge in [0.25, 0.3) is 0 Å². The molecule has 4 heterocycles. The fourth-order valence-corrected chi connectivity index (χ4v) is 7.31. The number of thiophene rings is 2. The molecule has 0 aliphatic carbocycles. The molecule has 2 aliphatic heterocycles. The molecule has 0 aromatic carbocycles. The summed E-state index contributed by atoms with van der Waals surface area (Å²) < 4.78 is 51.0. The molecular weight excluding hydrogens is 636 g/mol. The highest BCUT2D eigenvalue weighted by Crippen LogP contribution is 2.58. The summed E-state index contributed by atoms with van der Waals surface area (Å²) in [5.41, 5.74) is -0.911. The van der Waals surface area contributed by atoms with E-state index in [1.807, 2.05) is 5.38 Å². The molecule has 0 spiro atoms. The van der Waals surface area contributed by atoms with Gasteiger partial charge in [-0.3, -0.25) is 0 Å². The zero-order valence-electron chi connectivity index (χ0n) is 28.3. The molecule has 11 heteroatoms. The Labute approximate surface area is 282 Å². The van der Waals surface area contributed by atoms with Crippen molar-refractivity contribution in [2.24, 2.45) is 34.5 Å². The molecule has 4 rings (SSSR count). The van der Waals surface area contributed by atoms with E-state index in [0.717, 1.165) is 9.75 Å². The van der Waals surface area contributed by atoms with E-state index < -0.39 is 10.8 Å². The van der Waals surface area contributed by atoms with Crippen LogP contribution < -0.4 is 18.9 Å². The molecule has 0 fully saturated rings. The average Bonchev–Trinajstić information content (AvgIpc) is 3.37. The first-order valence-corrected chi connectivity index (χ1v) is 18.3. The summed E-state index contributed by atoms with van der Waals surface area (Å²) in [6.45, 7) is 23.3. The lowest BCUT2D eigenvalue weighted by Crippen LogP contribution is -2.43. The molecule has 45 heavy (non-hydrogen) atoms. The second-order valence-corrected chi connectivity index (χ2v) is 16.9. The normalized spacial score (nSPS) is 17.4. The minimum Gasteiger partial charge on any atom is -0.488 e. The van der Waals surface area contributed by atoms with Gasteiger partial charge >= 0.3 is 0 Å². The van der Waals surface area contributed by atoms with Crippen molar-refractivity contribution in [3.8, 4) is 32.8 Å². The Hall–Kier alpha value is -1.27. The van der Waals surface area contributed by atoms with E-state index in [4.69, 9.17) is 49.5 Å². The molecule has 2 aromatic rings. The van der Waals surface area contributed by atoms with Crippen LogP contribution in [0.3, 0.4) is 0 Å². The van der Waals surface area contributed by atoms with Crippen molar-refractivity contribution in [2.45, 2.75) is 55.4 Å². The highest BCUT2D eigenvalue weighted by molar-refractivity contribution is 7.24. The van der Waals surface area contributed by atoms with Crippen molar-refractivity contribution in [1.82, 2.24) is 0 Å². The lowest BCUT2D eigenvalue weighted by molar-refractivity contribution is -0.0676. The molecule has 0 radical (unpaired) electrons. The number of rotatable bonds is 17. The minimum atomic E-state index is -0.474. The monoisotopic (exact) mass is 688 g/mol. The van der Waals surface area contributed by atoms with Gasteiger partial charge in [-0.1, -0.05) is 67.0 Å². The number of fused-ring (bicyclic) bond motifs is 2. The molecule has 2 aromatic heterocycles. The maximum absolute atomic E-state index is 6.81. The summed E-state index contributed by atoms with van der Waals surface area (Å²) in [6, 6.07) is 0. The van der Waals surface area contributed by atoms with Gasteiger partial charge in [-0.25, -0.2) is 0 Å². The predicted octanol–water partition coefficient (Wildman–Crippen LogP) is 8.34. The molecule has 8 nitrogen and oxygen atoms in total. The molecule has 2 aliphatic rings. The summed E-state index contributed by atoms with van der Waals surface area (Å²) in [5.74, 6) is 4.29. The smallest absolute Gasteiger partial charge is 0.191 e. The van der Waals surface area contributed by atoms with Gasteiger partial charge in [0.1, 0.15) is 30.8 Å². The van der Waals surface area contributed by atoms with Crippen molar-refractivity contribution >= 4 is 34.3 Å². The van der Waals surface area contributed by atoms with Crippen LogP contribution in [0, 0.1) is 34.5 Å². The number of hydrogen-bond acceptors (Lipinski definition) is 10. The van der Waals surface area contributed by atoms with Gasteiger partial charge in [0, 0.05) is 31.8 Å². The quantitative estimate of drug-likeness (QED) is 0.164. The first-order chi connectivity index (χ1) is 21.4. The van der Waals surface area contributed by atoms with Crippen LogP contribution in [-0.2, 0) is 18.9 Å². The van der Waals surface area contributed by atoms with Gasteiger partial charge in [0.15, 0.2) is 23.0 Å². The molecule has 0 amide bonds. The third kappa shape index (κ3) is 10.1. The van der Waals surface area contributed by atoms with Gasteiger partial charge < -0.3 is 37.9 Å². The summed E-state index contributed by atoms with van der Waals surface area (Å²) >= 11 is 9.80. The molecule has 0 saturated carbocycles. The van der Waals surface area contributed by atoms with Gasteiger partial charge in [-0.05, 0) is 23.7 Å². The summed E-state index contributed by atoms with van der Waals surface area (Å²) in [5, 5.41) is 1.99. The van der Waals surface area contributed by atoms with Gasteiger partial charge in [0.2, 0.25) is 0 Å². The lowest BCUT2D eigenvalue weighted by atomic mass is 9.92. The third-order valence-corrected chi connectivity index (χ3v) is 9.69. The van der Waals surface area contributed by atoms with E-state index in [0.29, 0.717) is 130 Å². The largest absolute Gasteiger partial charge is 0.488 e. The Morgan fingerprint density at radius 1 is 0.600 bits per heavy atom. The Morgan fingerprint density at radius 2 is 1.00 bits per heavy atom. The van der Waals surface area contributed by atoms with Crippen LogP contribution >= 0.6 is 34.3 Å². The fraction of sp³-hybridized carbons (Fsp3) is 0.765. The van der Waals surface area contributed by atoms with Crippen LogP contribution in [-0.4, -0.2) is 79.3 Å². The maximum Gasteiger partial charge on any atom is 0.191 e. The second kappa shape index (κ2) is 16.7. The van der Waals surface area contributed by atoms with Crippen LogP contribution in [0.1, 0.15) is 55.4 Å². The molecular formula is C34H53ClO8S2. The first kappa shape index (κ1) is 36.6. The SMILES string of the molecule is CC(C)COCC1(COCC(C)C)COc2csc(-c3sc(Cl)c4c3OCC(COCC(C)C)(COCC(C)C)CO4)c2OC1. The van der Waals surface area contributed by atoms with Crippen LogP contribution in [0.25, 0.3) is 9.75 Å². The standard InChI is InChI=1S/C34H53ClO8S2/c1-22(2)9-36-14-33(15-37-10-23(3)4)18-40-26-13-44-30(27(26)41-19-33)31-28-29(32(35)45-31)43-21-34(20-42-28,16-38-11-24(5)6)17-39-12-25(7)8/h13,22-25H,9-12,14-21H2,1-8H3.